The molecule has 0 saturated heterocycles. The van der Waals surface area contributed by atoms with Crippen LogP contribution in [-0.4, -0.2) is 64.0 Å². The lowest BCUT2D eigenvalue weighted by molar-refractivity contribution is -0.142. The third-order valence-corrected chi connectivity index (χ3v) is 4.90. The molecule has 0 saturated carbocycles. The molecule has 11 heteroatoms. The van der Waals surface area contributed by atoms with Gasteiger partial charge in [-0.3, -0.25) is 24.0 Å². The van der Waals surface area contributed by atoms with Crippen LogP contribution >= 0.6 is 0 Å². The number of hydrogen-bond donors (Lipinski definition) is 6. The molecule has 1 aromatic rings. The molecule has 7 N–H and O–H groups in total. The largest absolute Gasteiger partial charge is 0.481 e. The van der Waals surface area contributed by atoms with Crippen molar-refractivity contribution in [1.29, 1.82) is 0 Å². The van der Waals surface area contributed by atoms with Gasteiger partial charge >= 0.3 is 11.9 Å². The zero-order chi connectivity index (χ0) is 25.1. The van der Waals surface area contributed by atoms with Crippen molar-refractivity contribution >= 4 is 29.7 Å². The van der Waals surface area contributed by atoms with E-state index in [1.165, 1.54) is 6.92 Å². The van der Waals surface area contributed by atoms with Crippen molar-refractivity contribution in [3.05, 3.63) is 35.9 Å². The average Bonchev–Trinajstić information content (AvgIpc) is 2.75. The van der Waals surface area contributed by atoms with Crippen LogP contribution in [0.3, 0.4) is 0 Å². The molecule has 1 rings (SSSR count). The molecule has 4 atom stereocenters. The summed E-state index contributed by atoms with van der Waals surface area (Å²) in [7, 11) is 0. The van der Waals surface area contributed by atoms with Crippen LogP contribution in [0.1, 0.15) is 39.2 Å². The van der Waals surface area contributed by atoms with E-state index in [0.717, 1.165) is 5.56 Å². The van der Waals surface area contributed by atoms with Crippen LogP contribution in [0.25, 0.3) is 0 Å². The Morgan fingerprint density at radius 2 is 1.48 bits per heavy atom. The number of hydrogen-bond acceptors (Lipinski definition) is 6. The minimum atomic E-state index is -1.23. The van der Waals surface area contributed by atoms with E-state index in [1.807, 2.05) is 0 Å². The van der Waals surface area contributed by atoms with Gasteiger partial charge in [-0.05, 0) is 24.8 Å². The second-order valence-corrected chi connectivity index (χ2v) is 8.09. The summed E-state index contributed by atoms with van der Waals surface area (Å²) in [5.41, 5.74) is 6.46. The van der Waals surface area contributed by atoms with Crippen molar-refractivity contribution in [3.63, 3.8) is 0 Å². The summed E-state index contributed by atoms with van der Waals surface area (Å²) in [5, 5.41) is 25.3. The molecule has 0 radical (unpaired) electrons. The van der Waals surface area contributed by atoms with Gasteiger partial charge in [-0.25, -0.2) is 0 Å². The van der Waals surface area contributed by atoms with Crippen LogP contribution < -0.4 is 21.7 Å². The summed E-state index contributed by atoms with van der Waals surface area (Å²) in [4.78, 5) is 59.9. The van der Waals surface area contributed by atoms with Crippen molar-refractivity contribution in [2.75, 3.05) is 0 Å². The molecule has 4 unspecified atom stereocenters. The van der Waals surface area contributed by atoms with E-state index in [4.69, 9.17) is 15.9 Å². The second kappa shape index (κ2) is 13.2. The molecule has 3 amide bonds. The van der Waals surface area contributed by atoms with Crippen LogP contribution in [-0.2, 0) is 30.4 Å². The number of carbonyl (C=O) groups is 5. The lowest BCUT2D eigenvalue weighted by Gasteiger charge is -2.26. The van der Waals surface area contributed by atoms with E-state index in [9.17, 15) is 24.0 Å². The van der Waals surface area contributed by atoms with E-state index in [2.05, 4.69) is 16.0 Å². The Bertz CT molecular complexity index is 844. The Morgan fingerprint density at radius 1 is 0.879 bits per heavy atom. The molecule has 0 heterocycles. The molecule has 11 nitrogen and oxygen atoms in total. The fourth-order valence-electron chi connectivity index (χ4n) is 2.90. The maximum absolute atomic E-state index is 13.0. The molecule has 0 aliphatic heterocycles. The van der Waals surface area contributed by atoms with Crippen LogP contribution in [0.15, 0.2) is 30.3 Å². The predicted octanol–water partition coefficient (Wildman–Crippen LogP) is -0.364. The van der Waals surface area contributed by atoms with Crippen molar-refractivity contribution < 1.29 is 34.2 Å². The van der Waals surface area contributed by atoms with Gasteiger partial charge in [0.15, 0.2) is 0 Å². The summed E-state index contributed by atoms with van der Waals surface area (Å²) in [6.07, 6.45) is -0.296. The van der Waals surface area contributed by atoms with E-state index >= 15 is 0 Å². The Hall–Kier alpha value is -3.47. The number of nitrogens with one attached hydrogen (secondary N) is 3. The van der Waals surface area contributed by atoms with Crippen molar-refractivity contribution in [3.8, 4) is 0 Å². The number of benzene rings is 1. The van der Waals surface area contributed by atoms with Crippen molar-refractivity contribution in [2.24, 2.45) is 11.7 Å². The zero-order valence-corrected chi connectivity index (χ0v) is 18.9. The van der Waals surface area contributed by atoms with Gasteiger partial charge < -0.3 is 31.9 Å². The Kier molecular flexibility index (Phi) is 11.0. The highest BCUT2D eigenvalue weighted by Gasteiger charge is 2.31. The van der Waals surface area contributed by atoms with Crippen LogP contribution in [0.5, 0.6) is 0 Å². The predicted molar refractivity (Wildman–Crippen MR) is 119 cm³/mol. The van der Waals surface area contributed by atoms with Gasteiger partial charge in [-0.15, -0.1) is 0 Å². The van der Waals surface area contributed by atoms with E-state index in [1.54, 1.807) is 44.2 Å². The SMILES string of the molecule is CC(NC(=O)C(Cc1ccccc1)NC(=O)C(NC(=O)C(N)CCC(=O)O)C(C)C)C(=O)O. The molecule has 33 heavy (non-hydrogen) atoms. The van der Waals surface area contributed by atoms with Gasteiger partial charge in [0.05, 0.1) is 6.04 Å². The summed E-state index contributed by atoms with van der Waals surface area (Å²) in [6, 6.07) is 4.42. The summed E-state index contributed by atoms with van der Waals surface area (Å²) < 4.78 is 0. The van der Waals surface area contributed by atoms with E-state index < -0.39 is 53.8 Å². The summed E-state index contributed by atoms with van der Waals surface area (Å²) in [5.74, 6) is -4.72. The maximum Gasteiger partial charge on any atom is 0.325 e. The molecule has 0 bridgehead atoms. The minimum absolute atomic E-state index is 0.0975. The highest BCUT2D eigenvalue weighted by molar-refractivity contribution is 5.94. The highest BCUT2D eigenvalue weighted by atomic mass is 16.4. The first-order chi connectivity index (χ1) is 15.4. The third-order valence-electron chi connectivity index (χ3n) is 4.90. The lowest BCUT2D eigenvalue weighted by atomic mass is 10.00. The van der Waals surface area contributed by atoms with Crippen LogP contribution in [0.2, 0.25) is 0 Å². The average molecular weight is 465 g/mol. The smallest absolute Gasteiger partial charge is 0.325 e. The zero-order valence-electron chi connectivity index (χ0n) is 18.9. The topological polar surface area (TPSA) is 188 Å². The summed E-state index contributed by atoms with van der Waals surface area (Å²) >= 11 is 0. The molecular weight excluding hydrogens is 432 g/mol. The molecular formula is C22H32N4O7. The molecule has 0 spiro atoms. The quantitative estimate of drug-likeness (QED) is 0.228. The number of nitrogens with two attached hydrogens (primary N) is 1. The number of carboxylic acids is 2. The van der Waals surface area contributed by atoms with Gasteiger partial charge in [0.25, 0.3) is 0 Å². The monoisotopic (exact) mass is 464 g/mol. The summed E-state index contributed by atoms with van der Waals surface area (Å²) in [6.45, 7) is 4.68. The van der Waals surface area contributed by atoms with Gasteiger partial charge in [-0.2, -0.15) is 0 Å². The lowest BCUT2D eigenvalue weighted by Crippen LogP contribution is -2.58. The van der Waals surface area contributed by atoms with Gasteiger partial charge in [-0.1, -0.05) is 44.2 Å². The normalized spacial score (nSPS) is 14.5. The maximum atomic E-state index is 13.0. The van der Waals surface area contributed by atoms with Gasteiger partial charge in [0.2, 0.25) is 17.7 Å². The number of rotatable bonds is 13. The van der Waals surface area contributed by atoms with E-state index in [-0.39, 0.29) is 25.2 Å². The minimum Gasteiger partial charge on any atom is -0.481 e. The van der Waals surface area contributed by atoms with Crippen LogP contribution in [0.4, 0.5) is 0 Å². The van der Waals surface area contributed by atoms with Gasteiger partial charge in [0, 0.05) is 12.8 Å². The first-order valence-electron chi connectivity index (χ1n) is 10.6. The highest BCUT2D eigenvalue weighted by Crippen LogP contribution is 2.08. The Labute approximate surface area is 192 Å². The molecule has 0 fully saturated rings. The Balaban J connectivity index is 2.97. The molecule has 1 aromatic carbocycles. The first-order valence-corrected chi connectivity index (χ1v) is 10.6. The fraction of sp³-hybridized carbons (Fsp3) is 0.500. The van der Waals surface area contributed by atoms with E-state index in [0.29, 0.717) is 0 Å². The number of carboxylic acid groups (broad SMARTS) is 2. The van der Waals surface area contributed by atoms with Crippen molar-refractivity contribution in [2.45, 2.75) is 64.2 Å². The number of carbonyl (C=O) groups excluding carboxylic acids is 3. The molecule has 0 aliphatic carbocycles. The molecule has 182 valence electrons. The Morgan fingerprint density at radius 3 is 2.00 bits per heavy atom. The van der Waals surface area contributed by atoms with Crippen LogP contribution in [0, 0.1) is 5.92 Å². The molecule has 0 aromatic heterocycles. The third kappa shape index (κ3) is 9.69. The number of aliphatic carboxylic acids is 2. The fourth-order valence-corrected chi connectivity index (χ4v) is 2.90. The second-order valence-electron chi connectivity index (χ2n) is 8.09. The van der Waals surface area contributed by atoms with Gasteiger partial charge in [0.1, 0.15) is 18.1 Å². The first kappa shape index (κ1) is 27.6. The van der Waals surface area contributed by atoms with Crippen molar-refractivity contribution in [1.82, 2.24) is 16.0 Å². The molecule has 0 aliphatic rings. The standard InChI is InChI=1S/C22H32N4O7/c1-12(2)18(26-19(29)15(23)9-10-17(27)28)21(31)25-16(11-14-7-5-4-6-8-14)20(30)24-13(3)22(32)33/h4-8,12-13,15-16,18H,9-11,23H2,1-3H3,(H,24,30)(H,25,31)(H,26,29)(H,27,28)(H,32,33). The number of amides is 3.